The van der Waals surface area contributed by atoms with Gasteiger partial charge in [0.25, 0.3) is 0 Å². The lowest BCUT2D eigenvalue weighted by molar-refractivity contribution is 0.0697. The van der Waals surface area contributed by atoms with E-state index < -0.39 is 5.97 Å². The number of nitriles is 1. The Hall–Kier alpha value is -2.29. The minimum Gasteiger partial charge on any atom is -0.494 e. The number of methoxy groups -OCH3 is 1. The molecule has 0 radical (unpaired) electrons. The molecule has 6 heteroatoms. The van der Waals surface area contributed by atoms with Gasteiger partial charge in [-0.1, -0.05) is 23.7 Å². The number of nitrogens with zero attached hydrogens (tertiary/aromatic N) is 1. The van der Waals surface area contributed by atoms with E-state index in [0.717, 1.165) is 5.56 Å². The van der Waals surface area contributed by atoms with Gasteiger partial charge in [-0.2, -0.15) is 5.26 Å². The summed E-state index contributed by atoms with van der Waals surface area (Å²) >= 11 is 9.50. The molecule has 0 aromatic heterocycles. The van der Waals surface area contributed by atoms with Crippen LogP contribution in [0.5, 0.6) is 5.75 Å². The van der Waals surface area contributed by atoms with Gasteiger partial charge in [0.2, 0.25) is 0 Å². The van der Waals surface area contributed by atoms with Crippen molar-refractivity contribution in [2.75, 3.05) is 7.11 Å². The molecule has 1 N–H and O–H groups in total. The monoisotopic (exact) mass is 391 g/mol. The van der Waals surface area contributed by atoms with Crippen LogP contribution < -0.4 is 4.74 Å². The summed E-state index contributed by atoms with van der Waals surface area (Å²) < 4.78 is 5.84. The van der Waals surface area contributed by atoms with Crippen LogP contribution in [0.15, 0.2) is 40.9 Å². The van der Waals surface area contributed by atoms with E-state index in [1.165, 1.54) is 19.2 Å². The van der Waals surface area contributed by atoms with Gasteiger partial charge in [0.05, 0.1) is 33.8 Å². The molecule has 2 aromatic rings. The van der Waals surface area contributed by atoms with Crippen molar-refractivity contribution in [3.05, 3.63) is 62.6 Å². The quantitative estimate of drug-likeness (QED) is 0.595. The fourth-order valence-electron chi connectivity index (χ4n) is 2.00. The second kappa shape index (κ2) is 7.32. The number of benzene rings is 2. The number of rotatable bonds is 4. The normalized spacial score (nSPS) is 11.0. The van der Waals surface area contributed by atoms with E-state index in [1.807, 2.05) is 0 Å². The number of aromatic carboxylic acids is 1. The molecule has 0 bridgehead atoms. The Bertz CT molecular complexity index is 800. The van der Waals surface area contributed by atoms with Gasteiger partial charge in [0.1, 0.15) is 0 Å². The third-order valence-electron chi connectivity index (χ3n) is 3.10. The lowest BCUT2D eigenvalue weighted by Gasteiger charge is -2.07. The molecule has 4 nitrogen and oxygen atoms in total. The lowest BCUT2D eigenvalue weighted by Crippen LogP contribution is -1.95. The lowest BCUT2D eigenvalue weighted by atomic mass is 10.0. The summed E-state index contributed by atoms with van der Waals surface area (Å²) in [5, 5.41) is 18.7. The summed E-state index contributed by atoms with van der Waals surface area (Å²) in [6.07, 6.45) is 1.67. The summed E-state index contributed by atoms with van der Waals surface area (Å²) in [4.78, 5) is 10.9. The highest BCUT2D eigenvalue weighted by Gasteiger charge is 2.09. The van der Waals surface area contributed by atoms with Crippen molar-refractivity contribution in [2.24, 2.45) is 0 Å². The molecule has 0 heterocycles. The summed E-state index contributed by atoms with van der Waals surface area (Å²) in [6.45, 7) is 0. The zero-order valence-electron chi connectivity index (χ0n) is 12.0. The van der Waals surface area contributed by atoms with Gasteiger partial charge in [0.15, 0.2) is 5.75 Å². The summed E-state index contributed by atoms with van der Waals surface area (Å²) in [6, 6.07) is 11.7. The van der Waals surface area contributed by atoms with Crippen LogP contribution in [0.4, 0.5) is 0 Å². The minimum atomic E-state index is -1.01. The first kappa shape index (κ1) is 17.1. The molecule has 2 aromatic carbocycles. The Labute approximate surface area is 146 Å². The fourth-order valence-corrected chi connectivity index (χ4v) is 3.06. The second-order valence-electron chi connectivity index (χ2n) is 4.57. The van der Waals surface area contributed by atoms with E-state index in [-0.39, 0.29) is 5.56 Å². The van der Waals surface area contributed by atoms with E-state index in [4.69, 9.17) is 21.4 Å². The number of hydrogen-bond donors (Lipinski definition) is 1. The highest BCUT2D eigenvalue weighted by molar-refractivity contribution is 9.10. The van der Waals surface area contributed by atoms with Gasteiger partial charge in [-0.25, -0.2) is 4.79 Å². The van der Waals surface area contributed by atoms with Gasteiger partial charge in [-0.3, -0.25) is 0 Å². The van der Waals surface area contributed by atoms with Gasteiger partial charge in [0, 0.05) is 0 Å². The Morgan fingerprint density at radius 1 is 1.30 bits per heavy atom. The molecule has 0 spiro atoms. The molecule has 0 aliphatic carbocycles. The van der Waals surface area contributed by atoms with Crippen LogP contribution in [-0.4, -0.2) is 18.2 Å². The molecule has 23 heavy (non-hydrogen) atoms. The van der Waals surface area contributed by atoms with Crippen molar-refractivity contribution in [1.82, 2.24) is 0 Å². The topological polar surface area (TPSA) is 70.3 Å². The average Bonchev–Trinajstić information content (AvgIpc) is 2.52. The van der Waals surface area contributed by atoms with E-state index in [0.29, 0.717) is 26.4 Å². The van der Waals surface area contributed by atoms with Crippen molar-refractivity contribution in [3.63, 3.8) is 0 Å². The maximum atomic E-state index is 10.9. The Morgan fingerprint density at radius 2 is 1.91 bits per heavy atom. The van der Waals surface area contributed by atoms with Gasteiger partial charge >= 0.3 is 5.97 Å². The summed E-state index contributed by atoms with van der Waals surface area (Å²) in [5.41, 5.74) is 1.92. The van der Waals surface area contributed by atoms with Crippen molar-refractivity contribution >= 4 is 45.1 Å². The number of carboxylic acids is 1. The molecule has 0 atom stereocenters. The van der Waals surface area contributed by atoms with Crippen LogP contribution in [0, 0.1) is 11.3 Å². The van der Waals surface area contributed by atoms with E-state index in [2.05, 4.69) is 22.0 Å². The molecular weight excluding hydrogens is 382 g/mol. The fraction of sp³-hybridized carbons (Fsp3) is 0.0588. The standard InChI is InChI=1S/C17H11BrClNO3/c1-23-16-14(18)7-10(8-15(16)19)6-13(9-20)11-2-4-12(5-3-11)17(21)22/h2-8H,1H3,(H,21,22). The molecule has 2 rings (SSSR count). The van der Waals surface area contributed by atoms with Crippen molar-refractivity contribution in [2.45, 2.75) is 0 Å². The molecule has 0 aliphatic heterocycles. The number of ether oxygens (including phenoxy) is 1. The molecule has 0 aliphatic rings. The van der Waals surface area contributed by atoms with Crippen molar-refractivity contribution in [3.8, 4) is 11.8 Å². The highest BCUT2D eigenvalue weighted by atomic mass is 79.9. The first-order valence-corrected chi connectivity index (χ1v) is 7.62. The molecule has 0 fully saturated rings. The van der Waals surface area contributed by atoms with Gasteiger partial charge in [-0.05, 0) is 57.4 Å². The van der Waals surface area contributed by atoms with Crippen molar-refractivity contribution in [1.29, 1.82) is 5.26 Å². The first-order valence-electron chi connectivity index (χ1n) is 6.45. The zero-order valence-corrected chi connectivity index (χ0v) is 14.4. The predicted octanol–water partition coefficient (Wildman–Crippen LogP) is 4.87. The van der Waals surface area contributed by atoms with E-state index >= 15 is 0 Å². The molecule has 0 saturated heterocycles. The largest absolute Gasteiger partial charge is 0.494 e. The Morgan fingerprint density at radius 3 is 2.39 bits per heavy atom. The number of halogens is 2. The van der Waals surface area contributed by atoms with Gasteiger partial charge in [-0.15, -0.1) is 0 Å². The summed E-state index contributed by atoms with van der Waals surface area (Å²) in [5.74, 6) is -0.488. The minimum absolute atomic E-state index is 0.168. The van der Waals surface area contributed by atoms with Crippen LogP contribution >= 0.6 is 27.5 Å². The number of hydrogen-bond acceptors (Lipinski definition) is 3. The van der Waals surface area contributed by atoms with Crippen LogP contribution in [0.1, 0.15) is 21.5 Å². The van der Waals surface area contributed by atoms with Crippen molar-refractivity contribution < 1.29 is 14.6 Å². The van der Waals surface area contributed by atoms with Crippen LogP contribution in [0.3, 0.4) is 0 Å². The van der Waals surface area contributed by atoms with Crippen LogP contribution in [-0.2, 0) is 0 Å². The smallest absolute Gasteiger partial charge is 0.335 e. The molecule has 0 amide bonds. The van der Waals surface area contributed by atoms with Crippen LogP contribution in [0.2, 0.25) is 5.02 Å². The van der Waals surface area contributed by atoms with Gasteiger partial charge < -0.3 is 9.84 Å². The first-order chi connectivity index (χ1) is 11.0. The van der Waals surface area contributed by atoms with E-state index in [1.54, 1.807) is 30.3 Å². The maximum Gasteiger partial charge on any atom is 0.335 e. The molecule has 116 valence electrons. The van der Waals surface area contributed by atoms with Crippen LogP contribution in [0.25, 0.3) is 11.6 Å². The van der Waals surface area contributed by atoms with E-state index in [9.17, 15) is 10.1 Å². The number of carboxylic acid groups (broad SMARTS) is 1. The molecular formula is C17H11BrClNO3. The average molecular weight is 393 g/mol. The molecule has 0 saturated carbocycles. The summed E-state index contributed by atoms with van der Waals surface area (Å²) in [7, 11) is 1.52. The number of carbonyl (C=O) groups is 1. The highest BCUT2D eigenvalue weighted by Crippen LogP contribution is 2.35. The number of allylic oxidation sites excluding steroid dienone is 1. The SMILES string of the molecule is COc1c(Cl)cc(C=C(C#N)c2ccc(C(=O)O)cc2)cc1Br. The third-order valence-corrected chi connectivity index (χ3v) is 3.97. The Kier molecular flexibility index (Phi) is 5.43. The molecule has 0 unspecified atom stereocenters. The zero-order chi connectivity index (χ0) is 17.0. The third kappa shape index (κ3) is 3.92. The maximum absolute atomic E-state index is 10.9. The Balaban J connectivity index is 2.43. The predicted molar refractivity (Wildman–Crippen MR) is 92.6 cm³/mol. The second-order valence-corrected chi connectivity index (χ2v) is 5.83.